The number of anilines is 2. The number of halogens is 5. The van der Waals surface area contributed by atoms with Crippen LogP contribution in [0.2, 0.25) is 5.02 Å². The molecule has 1 aliphatic rings. The van der Waals surface area contributed by atoms with Crippen LogP contribution in [-0.4, -0.2) is 55.7 Å². The summed E-state index contributed by atoms with van der Waals surface area (Å²) in [4.78, 5) is 1.02. The Morgan fingerprint density at radius 1 is 1.21 bits per heavy atom. The second kappa shape index (κ2) is 11.6. The van der Waals surface area contributed by atoms with Crippen LogP contribution in [0.15, 0.2) is 48.8 Å². The zero-order chi connectivity index (χ0) is 28.4. The molecule has 1 aromatic heterocycles. The molecule has 1 aliphatic carbocycles. The van der Waals surface area contributed by atoms with E-state index in [0.717, 1.165) is 22.3 Å². The SMILES string of the molecule is CS(=O)(=O)N[C@H]1C[C@H](n2cc(-c3ccc(N(CC(F)(F)F)c4cc(Cl)c(OCCCl)c(C#N)c4)cc3)cn2)C1. The highest BCUT2D eigenvalue weighted by molar-refractivity contribution is 7.88. The summed E-state index contributed by atoms with van der Waals surface area (Å²) < 4.78 is 73.2. The van der Waals surface area contributed by atoms with E-state index in [1.807, 2.05) is 12.3 Å². The van der Waals surface area contributed by atoms with Crippen molar-refractivity contribution in [1.82, 2.24) is 14.5 Å². The van der Waals surface area contributed by atoms with Crippen LogP contribution in [0.4, 0.5) is 24.5 Å². The fraction of sp³-hybridized carbons (Fsp3) is 0.360. The molecule has 0 radical (unpaired) electrons. The van der Waals surface area contributed by atoms with E-state index < -0.39 is 22.7 Å². The Morgan fingerprint density at radius 2 is 1.90 bits per heavy atom. The monoisotopic (exact) mass is 601 g/mol. The van der Waals surface area contributed by atoms with E-state index in [1.54, 1.807) is 35.1 Å². The van der Waals surface area contributed by atoms with Gasteiger partial charge >= 0.3 is 6.18 Å². The number of ether oxygens (including phenoxy) is 1. The molecule has 0 spiro atoms. The smallest absolute Gasteiger partial charge is 0.406 e. The first-order valence-electron chi connectivity index (χ1n) is 11.8. The molecule has 0 unspecified atom stereocenters. The van der Waals surface area contributed by atoms with Gasteiger partial charge in [0.2, 0.25) is 10.0 Å². The molecule has 1 saturated carbocycles. The summed E-state index contributed by atoms with van der Waals surface area (Å²) >= 11 is 11.9. The van der Waals surface area contributed by atoms with Crippen LogP contribution in [0.25, 0.3) is 11.1 Å². The maximum atomic E-state index is 13.6. The van der Waals surface area contributed by atoms with Gasteiger partial charge in [0.05, 0.1) is 35.0 Å². The van der Waals surface area contributed by atoms with Crippen molar-refractivity contribution in [3.8, 4) is 22.9 Å². The molecule has 2 aromatic carbocycles. The van der Waals surface area contributed by atoms with Gasteiger partial charge in [0.15, 0.2) is 5.75 Å². The molecular formula is C25H24Cl2F3N5O3S. The number of nitrogens with zero attached hydrogens (tertiary/aromatic N) is 4. The van der Waals surface area contributed by atoms with Crippen LogP contribution in [0, 0.1) is 11.3 Å². The lowest BCUT2D eigenvalue weighted by atomic mass is 9.88. The summed E-state index contributed by atoms with van der Waals surface area (Å²) in [6.45, 7) is -1.23. The van der Waals surface area contributed by atoms with E-state index in [4.69, 9.17) is 27.9 Å². The summed E-state index contributed by atoms with van der Waals surface area (Å²) in [5.74, 6) is 0.212. The number of sulfonamides is 1. The predicted octanol–water partition coefficient (Wildman–Crippen LogP) is 5.65. The van der Waals surface area contributed by atoms with Crippen molar-refractivity contribution in [2.24, 2.45) is 0 Å². The van der Waals surface area contributed by atoms with Gasteiger partial charge in [0.25, 0.3) is 0 Å². The number of alkyl halides is 4. The third kappa shape index (κ3) is 7.36. The molecule has 208 valence electrons. The van der Waals surface area contributed by atoms with E-state index in [9.17, 15) is 26.9 Å². The standard InChI is InChI=1S/C25H24Cl2F3N5O3S/c1-39(36,37)33-19-9-22(10-19)35-14-18(13-32-35)16-2-4-20(5-3-16)34(15-25(28,29)30)21-8-17(12-31)24(23(27)11-21)38-7-6-26/h2-5,8,11,13-14,19,22,33H,6-7,9-10,15H2,1H3/t19-,22-. The summed E-state index contributed by atoms with van der Waals surface area (Å²) in [5, 5.41) is 13.9. The zero-order valence-electron chi connectivity index (χ0n) is 20.6. The van der Waals surface area contributed by atoms with Crippen molar-refractivity contribution in [1.29, 1.82) is 5.26 Å². The first-order chi connectivity index (χ1) is 18.4. The van der Waals surface area contributed by atoms with Crippen LogP contribution in [0.1, 0.15) is 24.4 Å². The number of benzene rings is 2. The first-order valence-corrected chi connectivity index (χ1v) is 14.6. The van der Waals surface area contributed by atoms with Crippen LogP contribution >= 0.6 is 23.2 Å². The molecule has 0 aliphatic heterocycles. The van der Waals surface area contributed by atoms with E-state index in [1.165, 1.54) is 12.1 Å². The van der Waals surface area contributed by atoms with Crippen molar-refractivity contribution >= 4 is 44.6 Å². The van der Waals surface area contributed by atoms with Crippen molar-refractivity contribution in [3.05, 3.63) is 59.4 Å². The van der Waals surface area contributed by atoms with E-state index in [2.05, 4.69) is 9.82 Å². The Balaban J connectivity index is 1.56. The fourth-order valence-corrected chi connectivity index (χ4v) is 5.48. The van der Waals surface area contributed by atoms with Gasteiger partial charge < -0.3 is 9.64 Å². The molecule has 4 rings (SSSR count). The molecule has 14 heteroatoms. The number of hydrogen-bond acceptors (Lipinski definition) is 6. The quantitative estimate of drug-likeness (QED) is 0.302. The van der Waals surface area contributed by atoms with Crippen LogP contribution in [0.3, 0.4) is 0 Å². The van der Waals surface area contributed by atoms with Crippen molar-refractivity contribution < 1.29 is 26.3 Å². The minimum absolute atomic E-state index is 0.00431. The van der Waals surface area contributed by atoms with Crippen molar-refractivity contribution in [2.45, 2.75) is 31.1 Å². The zero-order valence-corrected chi connectivity index (χ0v) is 22.9. The fourth-order valence-electron chi connectivity index (χ4n) is 4.34. The topological polar surface area (TPSA) is 100 Å². The molecule has 1 fully saturated rings. The van der Waals surface area contributed by atoms with Crippen LogP contribution in [0.5, 0.6) is 5.75 Å². The Bertz CT molecular complexity index is 1470. The molecule has 0 atom stereocenters. The summed E-state index contributed by atoms with van der Waals surface area (Å²) in [6, 6.07) is 10.9. The van der Waals surface area contributed by atoms with E-state index in [-0.39, 0.29) is 52.3 Å². The van der Waals surface area contributed by atoms with E-state index >= 15 is 0 Å². The number of nitriles is 1. The summed E-state index contributed by atoms with van der Waals surface area (Å²) in [7, 11) is -3.27. The second-order valence-electron chi connectivity index (χ2n) is 9.12. The lowest BCUT2D eigenvalue weighted by Gasteiger charge is -2.35. The number of aromatic nitrogens is 2. The molecule has 0 saturated heterocycles. The normalized spacial score (nSPS) is 17.4. The maximum Gasteiger partial charge on any atom is 0.406 e. The Kier molecular flexibility index (Phi) is 8.66. The average molecular weight is 602 g/mol. The summed E-state index contributed by atoms with van der Waals surface area (Å²) in [6.07, 6.45) is 1.28. The molecular weight excluding hydrogens is 578 g/mol. The van der Waals surface area contributed by atoms with Gasteiger partial charge in [-0.05, 0) is 42.7 Å². The van der Waals surface area contributed by atoms with Gasteiger partial charge in [-0.15, -0.1) is 11.6 Å². The van der Waals surface area contributed by atoms with Gasteiger partial charge in [-0.3, -0.25) is 4.68 Å². The van der Waals surface area contributed by atoms with Gasteiger partial charge in [-0.25, -0.2) is 13.1 Å². The second-order valence-corrected chi connectivity index (χ2v) is 11.7. The minimum Gasteiger partial charge on any atom is -0.489 e. The number of rotatable bonds is 10. The Labute approximate surface area is 233 Å². The molecule has 1 N–H and O–H groups in total. The molecule has 0 bridgehead atoms. The Hall–Kier alpha value is -2.98. The van der Waals surface area contributed by atoms with Gasteiger partial charge in [-0.1, -0.05) is 23.7 Å². The van der Waals surface area contributed by atoms with Crippen LogP contribution in [-0.2, 0) is 10.0 Å². The molecule has 3 aromatic rings. The highest BCUT2D eigenvalue weighted by atomic mass is 35.5. The third-order valence-electron chi connectivity index (χ3n) is 6.10. The molecule has 1 heterocycles. The van der Waals surface area contributed by atoms with Crippen LogP contribution < -0.4 is 14.4 Å². The molecule has 39 heavy (non-hydrogen) atoms. The van der Waals surface area contributed by atoms with Crippen molar-refractivity contribution in [3.63, 3.8) is 0 Å². The Morgan fingerprint density at radius 3 is 2.49 bits per heavy atom. The highest BCUT2D eigenvalue weighted by Gasteiger charge is 2.34. The number of nitrogens with one attached hydrogen (secondary N) is 1. The minimum atomic E-state index is -4.54. The molecule has 8 nitrogen and oxygen atoms in total. The largest absolute Gasteiger partial charge is 0.489 e. The maximum absolute atomic E-state index is 13.6. The lowest BCUT2D eigenvalue weighted by molar-refractivity contribution is -0.118. The average Bonchev–Trinajstić information content (AvgIpc) is 3.32. The highest BCUT2D eigenvalue weighted by Crippen LogP contribution is 2.38. The van der Waals surface area contributed by atoms with E-state index in [0.29, 0.717) is 12.8 Å². The lowest BCUT2D eigenvalue weighted by Crippen LogP contribution is -2.44. The molecule has 0 amide bonds. The first kappa shape index (κ1) is 29.0. The van der Waals surface area contributed by atoms with Gasteiger partial charge in [0.1, 0.15) is 19.2 Å². The number of hydrogen-bond donors (Lipinski definition) is 1. The summed E-state index contributed by atoms with van der Waals surface area (Å²) in [5.41, 5.74) is 1.81. The van der Waals surface area contributed by atoms with Crippen molar-refractivity contribution in [2.75, 3.05) is 30.2 Å². The third-order valence-corrected chi connectivity index (χ3v) is 7.30. The van der Waals surface area contributed by atoms with Gasteiger partial charge in [-0.2, -0.15) is 23.5 Å². The van der Waals surface area contributed by atoms with Gasteiger partial charge in [0, 0.05) is 29.2 Å². The predicted molar refractivity (Wildman–Crippen MR) is 143 cm³/mol.